The average molecular weight is 257 g/mol. The van der Waals surface area contributed by atoms with Crippen LogP contribution in [0, 0.1) is 0 Å². The molecule has 3 nitrogen and oxygen atoms in total. The van der Waals surface area contributed by atoms with Crippen LogP contribution in [0.1, 0.15) is 19.0 Å². The molecule has 2 N–H and O–H groups in total. The van der Waals surface area contributed by atoms with Gasteiger partial charge in [0.2, 0.25) is 0 Å². The Hall–Kier alpha value is -0.740. The van der Waals surface area contributed by atoms with Gasteiger partial charge in [-0.1, -0.05) is 6.92 Å². The summed E-state index contributed by atoms with van der Waals surface area (Å²) in [7, 11) is 0. The first-order chi connectivity index (χ1) is 6.63. The minimum Gasteiger partial charge on any atom is -0.322 e. The van der Waals surface area contributed by atoms with Crippen molar-refractivity contribution in [1.82, 2.24) is 4.98 Å². The molecule has 0 aliphatic heterocycles. The van der Waals surface area contributed by atoms with E-state index in [0.29, 0.717) is 12.8 Å². The van der Waals surface area contributed by atoms with Crippen LogP contribution in [0.2, 0.25) is 0 Å². The Kier molecular flexibility index (Phi) is 4.22. The van der Waals surface area contributed by atoms with Gasteiger partial charge in [0.1, 0.15) is 0 Å². The zero-order valence-corrected chi connectivity index (χ0v) is 9.62. The lowest BCUT2D eigenvalue weighted by Crippen LogP contribution is -2.31. The van der Waals surface area contributed by atoms with Crippen LogP contribution >= 0.6 is 15.9 Å². The number of carbonyl (C=O) groups is 1. The minimum absolute atomic E-state index is 0.0438. The van der Waals surface area contributed by atoms with Crippen LogP contribution in [-0.2, 0) is 11.2 Å². The molecule has 0 aromatic carbocycles. The Morgan fingerprint density at radius 3 is 2.86 bits per heavy atom. The number of carbonyl (C=O) groups excluding carboxylic acids is 1. The van der Waals surface area contributed by atoms with Gasteiger partial charge in [-0.3, -0.25) is 9.78 Å². The summed E-state index contributed by atoms with van der Waals surface area (Å²) < 4.78 is 0.911. The molecule has 1 unspecified atom stereocenters. The molecule has 1 aromatic heterocycles. The van der Waals surface area contributed by atoms with E-state index in [1.54, 1.807) is 6.20 Å². The predicted octanol–water partition coefficient (Wildman–Crippen LogP) is 1.69. The third kappa shape index (κ3) is 3.20. The number of hydrogen-bond donors (Lipinski definition) is 1. The van der Waals surface area contributed by atoms with Crippen molar-refractivity contribution in [3.63, 3.8) is 0 Å². The molecular weight excluding hydrogens is 244 g/mol. The van der Waals surface area contributed by atoms with Gasteiger partial charge >= 0.3 is 0 Å². The standard InChI is InChI=1S/C10H13BrN2O/c1-2-9(12)10(14)5-8-4-3-7(11)6-13-8/h3-4,6,9H,2,5,12H2,1H3. The van der Waals surface area contributed by atoms with Crippen LogP contribution in [0.25, 0.3) is 0 Å². The van der Waals surface area contributed by atoms with Gasteiger partial charge in [0.25, 0.3) is 0 Å². The average Bonchev–Trinajstić information content (AvgIpc) is 2.20. The number of rotatable bonds is 4. The first-order valence-electron chi connectivity index (χ1n) is 4.52. The highest BCUT2D eigenvalue weighted by Gasteiger charge is 2.11. The van der Waals surface area contributed by atoms with E-state index in [2.05, 4.69) is 20.9 Å². The van der Waals surface area contributed by atoms with Crippen LogP contribution in [-0.4, -0.2) is 16.8 Å². The molecule has 1 aromatic rings. The predicted molar refractivity (Wildman–Crippen MR) is 58.9 cm³/mol. The van der Waals surface area contributed by atoms with Crippen LogP contribution in [0.15, 0.2) is 22.8 Å². The van der Waals surface area contributed by atoms with E-state index < -0.39 is 0 Å². The Morgan fingerprint density at radius 2 is 2.36 bits per heavy atom. The van der Waals surface area contributed by atoms with Crippen molar-refractivity contribution in [2.24, 2.45) is 5.73 Å². The maximum Gasteiger partial charge on any atom is 0.155 e. The number of halogens is 1. The monoisotopic (exact) mass is 256 g/mol. The zero-order chi connectivity index (χ0) is 10.6. The highest BCUT2D eigenvalue weighted by molar-refractivity contribution is 9.10. The van der Waals surface area contributed by atoms with E-state index in [9.17, 15) is 4.79 Å². The lowest BCUT2D eigenvalue weighted by molar-refractivity contribution is -0.119. The first-order valence-corrected chi connectivity index (χ1v) is 5.31. The number of nitrogens with two attached hydrogens (primary N) is 1. The number of pyridine rings is 1. The molecule has 76 valence electrons. The molecule has 1 atom stereocenters. The van der Waals surface area contributed by atoms with Crippen LogP contribution < -0.4 is 5.73 Å². The van der Waals surface area contributed by atoms with Gasteiger partial charge in [-0.25, -0.2) is 0 Å². The van der Waals surface area contributed by atoms with Gasteiger partial charge in [-0.05, 0) is 34.5 Å². The van der Waals surface area contributed by atoms with Crippen LogP contribution in [0.5, 0.6) is 0 Å². The Morgan fingerprint density at radius 1 is 1.64 bits per heavy atom. The molecule has 1 heterocycles. The Bertz CT molecular complexity index is 310. The van der Waals surface area contributed by atoms with E-state index in [4.69, 9.17) is 5.73 Å². The fourth-order valence-electron chi connectivity index (χ4n) is 1.05. The number of nitrogens with zero attached hydrogens (tertiary/aromatic N) is 1. The minimum atomic E-state index is -0.361. The van der Waals surface area contributed by atoms with Gasteiger partial charge in [0.15, 0.2) is 5.78 Å². The van der Waals surface area contributed by atoms with Gasteiger partial charge in [-0.15, -0.1) is 0 Å². The van der Waals surface area contributed by atoms with Crippen molar-refractivity contribution in [3.8, 4) is 0 Å². The first kappa shape index (κ1) is 11.3. The van der Waals surface area contributed by atoms with Crippen molar-refractivity contribution in [2.45, 2.75) is 25.8 Å². The van der Waals surface area contributed by atoms with Crippen molar-refractivity contribution in [3.05, 3.63) is 28.5 Å². The lowest BCUT2D eigenvalue weighted by atomic mass is 10.1. The third-order valence-corrected chi connectivity index (χ3v) is 2.47. The number of aromatic nitrogens is 1. The van der Waals surface area contributed by atoms with Crippen molar-refractivity contribution >= 4 is 21.7 Å². The van der Waals surface area contributed by atoms with E-state index in [-0.39, 0.29) is 11.8 Å². The topological polar surface area (TPSA) is 56.0 Å². The molecule has 0 saturated carbocycles. The second-order valence-corrected chi connectivity index (χ2v) is 4.04. The fourth-order valence-corrected chi connectivity index (χ4v) is 1.28. The Balaban J connectivity index is 2.60. The lowest BCUT2D eigenvalue weighted by Gasteiger charge is -2.06. The van der Waals surface area contributed by atoms with Crippen LogP contribution in [0.3, 0.4) is 0 Å². The highest BCUT2D eigenvalue weighted by Crippen LogP contribution is 2.08. The van der Waals surface area contributed by atoms with Crippen molar-refractivity contribution < 1.29 is 4.79 Å². The number of ketones is 1. The summed E-state index contributed by atoms with van der Waals surface area (Å²) in [4.78, 5) is 15.6. The van der Waals surface area contributed by atoms with E-state index in [1.807, 2.05) is 19.1 Å². The highest BCUT2D eigenvalue weighted by atomic mass is 79.9. The number of Topliss-reactive ketones (excluding diaryl/α,β-unsaturated/α-hetero) is 1. The molecular formula is C10H13BrN2O. The van der Waals surface area contributed by atoms with Gasteiger partial charge in [-0.2, -0.15) is 0 Å². The molecule has 0 aliphatic rings. The molecule has 0 amide bonds. The van der Waals surface area contributed by atoms with Gasteiger partial charge in [0.05, 0.1) is 12.5 Å². The smallest absolute Gasteiger partial charge is 0.155 e. The summed E-state index contributed by atoms with van der Waals surface area (Å²) in [5.41, 5.74) is 6.37. The molecule has 14 heavy (non-hydrogen) atoms. The third-order valence-electron chi connectivity index (χ3n) is 2.00. The van der Waals surface area contributed by atoms with E-state index in [1.165, 1.54) is 0 Å². The molecule has 0 spiro atoms. The zero-order valence-electron chi connectivity index (χ0n) is 8.03. The summed E-state index contributed by atoms with van der Waals surface area (Å²) in [5.74, 6) is 0.0438. The van der Waals surface area contributed by atoms with Gasteiger partial charge in [0, 0.05) is 16.4 Å². The normalized spacial score (nSPS) is 12.5. The maximum absolute atomic E-state index is 11.5. The fraction of sp³-hybridized carbons (Fsp3) is 0.400. The SMILES string of the molecule is CCC(N)C(=O)Cc1ccc(Br)cn1. The maximum atomic E-state index is 11.5. The quantitative estimate of drug-likeness (QED) is 0.893. The van der Waals surface area contributed by atoms with Crippen LogP contribution in [0.4, 0.5) is 0 Å². The summed E-state index contributed by atoms with van der Waals surface area (Å²) in [5, 5.41) is 0. The molecule has 0 aliphatic carbocycles. The summed E-state index contributed by atoms with van der Waals surface area (Å²) in [6, 6.07) is 3.33. The van der Waals surface area contributed by atoms with Crippen molar-refractivity contribution in [1.29, 1.82) is 0 Å². The molecule has 0 bridgehead atoms. The molecule has 0 radical (unpaired) electrons. The van der Waals surface area contributed by atoms with Crippen molar-refractivity contribution in [2.75, 3.05) is 0 Å². The Labute approximate surface area is 91.8 Å². The van der Waals surface area contributed by atoms with E-state index in [0.717, 1.165) is 10.2 Å². The van der Waals surface area contributed by atoms with E-state index >= 15 is 0 Å². The molecule has 0 saturated heterocycles. The van der Waals surface area contributed by atoms with Gasteiger partial charge < -0.3 is 5.73 Å². The second-order valence-electron chi connectivity index (χ2n) is 3.13. The number of hydrogen-bond acceptors (Lipinski definition) is 3. The summed E-state index contributed by atoms with van der Waals surface area (Å²) >= 11 is 3.28. The summed E-state index contributed by atoms with van der Waals surface area (Å²) in [6.45, 7) is 1.90. The second kappa shape index (κ2) is 5.22. The molecule has 4 heteroatoms. The largest absolute Gasteiger partial charge is 0.322 e. The molecule has 0 fully saturated rings. The summed E-state index contributed by atoms with van der Waals surface area (Å²) in [6.07, 6.45) is 2.68. The molecule has 1 rings (SSSR count).